The predicted octanol–water partition coefficient (Wildman–Crippen LogP) is 1.57. The van der Waals surface area contributed by atoms with Crippen molar-refractivity contribution in [1.82, 2.24) is 4.57 Å². The van der Waals surface area contributed by atoms with Gasteiger partial charge in [0.25, 0.3) is 0 Å². The molecule has 0 radical (unpaired) electrons. The van der Waals surface area contributed by atoms with Crippen LogP contribution in [0.4, 0.5) is 0 Å². The van der Waals surface area contributed by atoms with Crippen LogP contribution in [0.25, 0.3) is 0 Å². The molecule has 1 aromatic rings. The summed E-state index contributed by atoms with van der Waals surface area (Å²) < 4.78 is 5.02. The lowest BCUT2D eigenvalue weighted by molar-refractivity contribution is -0.724. The maximum Gasteiger partial charge on any atom is 0.244 e. The molecule has 2 saturated carbocycles. The van der Waals surface area contributed by atoms with Crippen molar-refractivity contribution in [2.45, 2.75) is 89.1 Å². The fourth-order valence-corrected chi connectivity index (χ4v) is 3.93. The average molecular weight is 297 g/mol. The quantitative estimate of drug-likeness (QED) is 0.579. The van der Waals surface area contributed by atoms with Crippen molar-refractivity contribution < 1.29 is 17.0 Å². The second kappa shape index (κ2) is 8.07. The van der Waals surface area contributed by atoms with Gasteiger partial charge >= 0.3 is 0 Å². The molecule has 114 valence electrons. The van der Waals surface area contributed by atoms with Gasteiger partial charge in [0.15, 0.2) is 0 Å². The van der Waals surface area contributed by atoms with Crippen molar-refractivity contribution in [3.05, 3.63) is 18.7 Å². The second-order valence-electron chi connectivity index (χ2n) is 6.60. The number of rotatable bonds is 2. The van der Waals surface area contributed by atoms with E-state index < -0.39 is 0 Å². The van der Waals surface area contributed by atoms with Crippen molar-refractivity contribution in [2.24, 2.45) is 0 Å². The van der Waals surface area contributed by atoms with Gasteiger partial charge in [-0.2, -0.15) is 0 Å². The van der Waals surface area contributed by atoms with Crippen LogP contribution in [0.2, 0.25) is 0 Å². The first kappa shape index (κ1) is 15.9. The van der Waals surface area contributed by atoms with E-state index in [1.807, 2.05) is 0 Å². The Morgan fingerprint density at radius 3 is 1.90 bits per heavy atom. The first-order valence-electron chi connectivity index (χ1n) is 8.52. The lowest BCUT2D eigenvalue weighted by Crippen LogP contribution is -3.00. The predicted molar refractivity (Wildman–Crippen MR) is 78.1 cm³/mol. The molecule has 1 aromatic heterocycles. The molecule has 2 aliphatic carbocycles. The topological polar surface area (TPSA) is 8.81 Å². The summed E-state index contributed by atoms with van der Waals surface area (Å²) in [5, 5.41) is 0. The van der Waals surface area contributed by atoms with Crippen molar-refractivity contribution in [3.8, 4) is 0 Å². The van der Waals surface area contributed by atoms with Crippen LogP contribution in [0.3, 0.4) is 0 Å². The fraction of sp³-hybridized carbons (Fsp3) is 0.824. The molecule has 1 heterocycles. The number of imidazole rings is 1. The Hall–Kier alpha value is -0.500. The Balaban J connectivity index is 0.00000147. The first-order valence-corrected chi connectivity index (χ1v) is 8.52. The zero-order chi connectivity index (χ0) is 12.9. The van der Waals surface area contributed by atoms with Crippen LogP contribution >= 0.6 is 0 Å². The Bertz CT molecular complexity index is 338. The normalized spacial score (nSPS) is 22.8. The molecule has 0 saturated heterocycles. The van der Waals surface area contributed by atoms with E-state index in [1.54, 1.807) is 0 Å². The molecule has 0 amide bonds. The second-order valence-corrected chi connectivity index (χ2v) is 6.60. The fourth-order valence-electron chi connectivity index (χ4n) is 3.93. The van der Waals surface area contributed by atoms with Crippen LogP contribution < -0.4 is 17.0 Å². The van der Waals surface area contributed by atoms with Gasteiger partial charge in [-0.25, -0.2) is 9.13 Å². The number of nitrogens with zero attached hydrogens (tertiary/aromatic N) is 2. The maximum absolute atomic E-state index is 2.51. The van der Waals surface area contributed by atoms with Gasteiger partial charge in [-0.1, -0.05) is 25.7 Å². The zero-order valence-corrected chi connectivity index (χ0v) is 13.4. The minimum Gasteiger partial charge on any atom is -1.00 e. The van der Waals surface area contributed by atoms with Gasteiger partial charge < -0.3 is 12.4 Å². The minimum atomic E-state index is 0. The largest absolute Gasteiger partial charge is 1.00 e. The highest BCUT2D eigenvalue weighted by molar-refractivity contribution is 4.78. The van der Waals surface area contributed by atoms with Gasteiger partial charge in [0, 0.05) is 0 Å². The summed E-state index contributed by atoms with van der Waals surface area (Å²) in [5.41, 5.74) is 0. The molecule has 2 nitrogen and oxygen atoms in total. The summed E-state index contributed by atoms with van der Waals surface area (Å²) >= 11 is 0. The SMILES string of the molecule is [Cl-].c1c[n+](C2CCCCCC2)cn1C1CCCCCC1. The van der Waals surface area contributed by atoms with Crippen LogP contribution in [-0.2, 0) is 0 Å². The summed E-state index contributed by atoms with van der Waals surface area (Å²) in [5.74, 6) is 0. The summed E-state index contributed by atoms with van der Waals surface area (Å²) in [7, 11) is 0. The van der Waals surface area contributed by atoms with Crippen molar-refractivity contribution in [1.29, 1.82) is 0 Å². The van der Waals surface area contributed by atoms with Gasteiger partial charge in [0.05, 0.1) is 0 Å². The molecule has 0 bridgehead atoms. The molecule has 0 unspecified atom stereocenters. The van der Waals surface area contributed by atoms with Crippen LogP contribution in [0.5, 0.6) is 0 Å². The van der Waals surface area contributed by atoms with Gasteiger partial charge in [-0.3, -0.25) is 0 Å². The van der Waals surface area contributed by atoms with E-state index in [1.165, 1.54) is 77.0 Å². The molecular formula is C17H29ClN2. The van der Waals surface area contributed by atoms with Crippen LogP contribution in [0.15, 0.2) is 18.7 Å². The van der Waals surface area contributed by atoms with Gasteiger partial charge in [0.1, 0.15) is 24.5 Å². The zero-order valence-electron chi connectivity index (χ0n) is 12.6. The lowest BCUT2D eigenvalue weighted by atomic mass is 10.1. The smallest absolute Gasteiger partial charge is 0.244 e. The van der Waals surface area contributed by atoms with Gasteiger partial charge in [-0.15, -0.1) is 0 Å². The molecule has 2 fully saturated rings. The molecule has 3 rings (SSSR count). The molecule has 0 N–H and O–H groups in total. The monoisotopic (exact) mass is 296 g/mol. The van der Waals surface area contributed by atoms with E-state index in [4.69, 9.17) is 0 Å². The molecule has 3 heteroatoms. The van der Waals surface area contributed by atoms with E-state index in [2.05, 4.69) is 27.9 Å². The van der Waals surface area contributed by atoms with Crippen LogP contribution in [0.1, 0.15) is 89.1 Å². The van der Waals surface area contributed by atoms with E-state index in [0.29, 0.717) is 0 Å². The highest BCUT2D eigenvalue weighted by atomic mass is 35.5. The summed E-state index contributed by atoms with van der Waals surface area (Å²) in [6, 6.07) is 1.55. The lowest BCUT2D eigenvalue weighted by Gasteiger charge is -2.12. The third kappa shape index (κ3) is 4.00. The van der Waals surface area contributed by atoms with Crippen LogP contribution in [-0.4, -0.2) is 4.57 Å². The Morgan fingerprint density at radius 2 is 1.30 bits per heavy atom. The molecule has 0 spiro atoms. The molecule has 20 heavy (non-hydrogen) atoms. The number of hydrogen-bond donors (Lipinski definition) is 0. The third-order valence-corrected chi connectivity index (χ3v) is 5.17. The highest BCUT2D eigenvalue weighted by Crippen LogP contribution is 2.27. The highest BCUT2D eigenvalue weighted by Gasteiger charge is 2.22. The van der Waals surface area contributed by atoms with E-state index in [0.717, 1.165) is 12.1 Å². The molecule has 2 aliphatic rings. The van der Waals surface area contributed by atoms with Crippen molar-refractivity contribution in [3.63, 3.8) is 0 Å². The Labute approximate surface area is 130 Å². The summed E-state index contributed by atoms with van der Waals surface area (Å²) in [6.07, 6.45) is 24.1. The van der Waals surface area contributed by atoms with E-state index in [9.17, 15) is 0 Å². The Kier molecular flexibility index (Phi) is 6.41. The third-order valence-electron chi connectivity index (χ3n) is 5.17. The Morgan fingerprint density at radius 1 is 0.750 bits per heavy atom. The number of hydrogen-bond acceptors (Lipinski definition) is 0. The van der Waals surface area contributed by atoms with Gasteiger partial charge in [0.2, 0.25) is 6.33 Å². The summed E-state index contributed by atoms with van der Waals surface area (Å²) in [4.78, 5) is 0. The van der Waals surface area contributed by atoms with Gasteiger partial charge in [-0.05, 0) is 51.4 Å². The molecule has 0 aromatic carbocycles. The number of aromatic nitrogens is 2. The standard InChI is InChI=1S/C17H29N2.ClH/c1-2-6-10-16(9-5-1)18-13-14-19(15-18)17-11-7-3-4-8-12-17;/h13-17H,1-12H2;1H/q+1;/p-1. The molecule has 0 aliphatic heterocycles. The first-order chi connectivity index (χ1) is 9.43. The van der Waals surface area contributed by atoms with Crippen molar-refractivity contribution in [2.75, 3.05) is 0 Å². The number of halogens is 1. The molecule has 0 atom stereocenters. The van der Waals surface area contributed by atoms with Crippen molar-refractivity contribution >= 4 is 0 Å². The minimum absolute atomic E-state index is 0. The molecular weight excluding hydrogens is 268 g/mol. The van der Waals surface area contributed by atoms with Crippen LogP contribution in [0, 0.1) is 0 Å². The maximum atomic E-state index is 2.51. The van der Waals surface area contributed by atoms with E-state index >= 15 is 0 Å². The average Bonchev–Trinajstić information content (AvgIpc) is 2.67. The summed E-state index contributed by atoms with van der Waals surface area (Å²) in [6.45, 7) is 0. The van der Waals surface area contributed by atoms with E-state index in [-0.39, 0.29) is 12.4 Å².